The Hall–Kier alpha value is -1.68. The molecule has 0 aromatic rings. The van der Waals surface area contributed by atoms with Crippen LogP contribution in [0.5, 0.6) is 0 Å². The van der Waals surface area contributed by atoms with E-state index in [1.165, 1.54) is 6.92 Å². The number of rotatable bonds is 4. The molecule has 0 radical (unpaired) electrons. The second-order valence-corrected chi connectivity index (χ2v) is 7.81. The molecule has 3 atom stereocenters. The summed E-state index contributed by atoms with van der Waals surface area (Å²) in [6.45, 7) is 9.00. The van der Waals surface area contributed by atoms with E-state index >= 15 is 0 Å². The molecule has 24 heavy (non-hydrogen) atoms. The third-order valence-electron chi connectivity index (χ3n) is 5.19. The Bertz CT molecular complexity index is 643. The van der Waals surface area contributed by atoms with Gasteiger partial charge in [0.05, 0.1) is 5.60 Å². The Kier molecular flexibility index (Phi) is 5.19. The van der Waals surface area contributed by atoms with E-state index in [4.69, 9.17) is 0 Å². The van der Waals surface area contributed by atoms with Crippen molar-refractivity contribution in [3.05, 3.63) is 34.6 Å². The first-order chi connectivity index (χ1) is 11.0. The Morgan fingerprint density at radius 3 is 2.42 bits per heavy atom. The summed E-state index contributed by atoms with van der Waals surface area (Å²) >= 11 is 0. The summed E-state index contributed by atoms with van der Waals surface area (Å²) in [4.78, 5) is 24.5. The van der Waals surface area contributed by atoms with Crippen molar-refractivity contribution in [3.8, 4) is 0 Å². The number of hydrogen-bond donors (Lipinski definition) is 2. The number of aliphatic hydroxyl groups is 2. The number of carbonyl (C=O) groups excluding carboxylic acids is 2. The largest absolute Gasteiger partial charge is 0.507 e. The number of Topliss-reactive ketones (excluding diaryl/α,β-unsaturated/α-hetero) is 2. The first-order valence-corrected chi connectivity index (χ1v) is 8.68. The van der Waals surface area contributed by atoms with Crippen molar-refractivity contribution < 1.29 is 19.8 Å². The first-order valence-electron chi connectivity index (χ1n) is 8.68. The average Bonchev–Trinajstić information content (AvgIpc) is 2.49. The summed E-state index contributed by atoms with van der Waals surface area (Å²) in [6, 6.07) is 0. The van der Waals surface area contributed by atoms with Crippen molar-refractivity contribution in [1.29, 1.82) is 0 Å². The summed E-state index contributed by atoms with van der Waals surface area (Å²) in [5, 5.41) is 20.3. The molecule has 0 saturated heterocycles. The standard InChI is InChI=1S/C20H28O4/c1-11(7-6-10-20(4,5)24)14-9-8-12(2)15-16(14)17(21)13(3)18(22)19(15)23/h6,10-12,14,21,24H,7-9H2,1-5H3/t11-,12-,14+/m0/s1. The van der Waals surface area contributed by atoms with E-state index in [1.807, 2.05) is 13.0 Å². The van der Waals surface area contributed by atoms with Gasteiger partial charge in [0.25, 0.3) is 0 Å². The van der Waals surface area contributed by atoms with Crippen molar-refractivity contribution >= 4 is 11.6 Å². The number of ketones is 2. The zero-order valence-electron chi connectivity index (χ0n) is 15.2. The lowest BCUT2D eigenvalue weighted by atomic mass is 9.67. The highest BCUT2D eigenvalue weighted by Gasteiger charge is 2.41. The van der Waals surface area contributed by atoms with Crippen LogP contribution in [0.1, 0.15) is 53.9 Å². The number of carbonyl (C=O) groups is 2. The first kappa shape index (κ1) is 18.7. The van der Waals surface area contributed by atoms with Crippen LogP contribution in [0.3, 0.4) is 0 Å². The van der Waals surface area contributed by atoms with Crippen LogP contribution in [0.25, 0.3) is 0 Å². The summed E-state index contributed by atoms with van der Waals surface area (Å²) < 4.78 is 0. The van der Waals surface area contributed by atoms with Gasteiger partial charge in [-0.15, -0.1) is 0 Å². The second kappa shape index (κ2) is 6.67. The van der Waals surface area contributed by atoms with Gasteiger partial charge >= 0.3 is 0 Å². The quantitative estimate of drug-likeness (QED) is 0.468. The highest BCUT2D eigenvalue weighted by Crippen LogP contribution is 2.45. The maximum atomic E-state index is 12.4. The fourth-order valence-electron chi connectivity index (χ4n) is 3.74. The lowest BCUT2D eigenvalue weighted by Crippen LogP contribution is -2.35. The van der Waals surface area contributed by atoms with Gasteiger partial charge in [0.1, 0.15) is 5.76 Å². The summed E-state index contributed by atoms with van der Waals surface area (Å²) in [7, 11) is 0. The predicted molar refractivity (Wildman–Crippen MR) is 93.5 cm³/mol. The Morgan fingerprint density at radius 2 is 1.83 bits per heavy atom. The van der Waals surface area contributed by atoms with Crippen molar-refractivity contribution in [2.45, 2.75) is 59.5 Å². The Morgan fingerprint density at radius 1 is 1.21 bits per heavy atom. The second-order valence-electron chi connectivity index (χ2n) is 7.81. The van der Waals surface area contributed by atoms with Gasteiger partial charge in [-0.05, 0) is 57.8 Å². The minimum absolute atomic E-state index is 0.00191. The van der Waals surface area contributed by atoms with Gasteiger partial charge in [-0.1, -0.05) is 26.0 Å². The van der Waals surface area contributed by atoms with Gasteiger partial charge < -0.3 is 10.2 Å². The molecule has 0 aromatic carbocycles. The van der Waals surface area contributed by atoms with Crippen LogP contribution < -0.4 is 0 Å². The number of allylic oxidation sites excluding steroid dienone is 4. The van der Waals surface area contributed by atoms with Gasteiger partial charge in [0.2, 0.25) is 11.6 Å². The van der Waals surface area contributed by atoms with Crippen molar-refractivity contribution in [2.24, 2.45) is 17.8 Å². The molecule has 2 N–H and O–H groups in total. The molecule has 0 saturated carbocycles. The van der Waals surface area contributed by atoms with Crippen LogP contribution in [0.15, 0.2) is 34.6 Å². The van der Waals surface area contributed by atoms with Gasteiger partial charge in [-0.25, -0.2) is 0 Å². The van der Waals surface area contributed by atoms with Crippen molar-refractivity contribution in [1.82, 2.24) is 0 Å². The molecule has 4 nitrogen and oxygen atoms in total. The molecule has 0 fully saturated rings. The molecule has 132 valence electrons. The number of hydrogen-bond acceptors (Lipinski definition) is 4. The normalized spacial score (nSPS) is 27.1. The smallest absolute Gasteiger partial charge is 0.232 e. The van der Waals surface area contributed by atoms with E-state index in [0.29, 0.717) is 11.1 Å². The maximum absolute atomic E-state index is 12.4. The Labute approximate surface area is 144 Å². The zero-order chi connectivity index (χ0) is 18.2. The highest BCUT2D eigenvalue weighted by atomic mass is 16.3. The molecule has 4 heteroatoms. The van der Waals surface area contributed by atoms with Crippen molar-refractivity contribution in [2.75, 3.05) is 0 Å². The fraction of sp³-hybridized carbons (Fsp3) is 0.600. The SMILES string of the molecule is CC1=C(O)C2=C(C(=O)C1=O)[C@@H](C)CC[C@@H]2[C@@H](C)CC=CC(C)(C)O. The topological polar surface area (TPSA) is 74.6 Å². The van der Waals surface area contributed by atoms with E-state index in [2.05, 4.69) is 6.92 Å². The van der Waals surface area contributed by atoms with Crippen LogP contribution in [0.2, 0.25) is 0 Å². The molecule has 0 aliphatic heterocycles. The third-order valence-corrected chi connectivity index (χ3v) is 5.19. The molecular weight excluding hydrogens is 304 g/mol. The minimum Gasteiger partial charge on any atom is -0.507 e. The molecule has 0 amide bonds. The van der Waals surface area contributed by atoms with Crippen LogP contribution in [-0.2, 0) is 9.59 Å². The molecule has 2 aliphatic rings. The molecular formula is C20H28O4. The molecule has 0 spiro atoms. The maximum Gasteiger partial charge on any atom is 0.232 e. The van der Waals surface area contributed by atoms with Crippen LogP contribution in [-0.4, -0.2) is 27.4 Å². The van der Waals surface area contributed by atoms with E-state index < -0.39 is 17.2 Å². The lowest BCUT2D eigenvalue weighted by Gasteiger charge is -2.37. The fourth-order valence-corrected chi connectivity index (χ4v) is 3.74. The molecule has 0 bridgehead atoms. The Balaban J connectivity index is 2.35. The number of aliphatic hydroxyl groups excluding tert-OH is 1. The van der Waals surface area contributed by atoms with E-state index in [9.17, 15) is 19.8 Å². The van der Waals surface area contributed by atoms with Crippen LogP contribution in [0, 0.1) is 17.8 Å². The molecule has 0 unspecified atom stereocenters. The lowest BCUT2D eigenvalue weighted by molar-refractivity contribution is -0.133. The molecule has 0 heterocycles. The molecule has 2 aliphatic carbocycles. The van der Waals surface area contributed by atoms with Gasteiger partial charge in [0, 0.05) is 16.7 Å². The zero-order valence-corrected chi connectivity index (χ0v) is 15.2. The molecule has 0 aromatic heterocycles. The van der Waals surface area contributed by atoms with Crippen LogP contribution >= 0.6 is 0 Å². The minimum atomic E-state index is -0.850. The molecule has 2 rings (SSSR count). The van der Waals surface area contributed by atoms with Crippen molar-refractivity contribution in [3.63, 3.8) is 0 Å². The third kappa shape index (κ3) is 3.54. The summed E-state index contributed by atoms with van der Waals surface area (Å²) in [5.74, 6) is -0.761. The van der Waals surface area contributed by atoms with Crippen LogP contribution in [0.4, 0.5) is 0 Å². The van der Waals surface area contributed by atoms with E-state index in [1.54, 1.807) is 19.9 Å². The average molecular weight is 332 g/mol. The van der Waals surface area contributed by atoms with Gasteiger partial charge in [0.15, 0.2) is 0 Å². The monoisotopic (exact) mass is 332 g/mol. The van der Waals surface area contributed by atoms with Gasteiger partial charge in [-0.3, -0.25) is 9.59 Å². The summed E-state index contributed by atoms with van der Waals surface area (Å²) in [6.07, 6.45) is 6.19. The predicted octanol–water partition coefficient (Wildman–Crippen LogP) is 3.67. The van der Waals surface area contributed by atoms with Gasteiger partial charge in [-0.2, -0.15) is 0 Å². The van der Waals surface area contributed by atoms with E-state index in [0.717, 1.165) is 19.3 Å². The van der Waals surface area contributed by atoms with E-state index in [-0.39, 0.29) is 29.1 Å². The summed E-state index contributed by atoms with van der Waals surface area (Å²) in [5.41, 5.74) is 0.506. The highest BCUT2D eigenvalue weighted by molar-refractivity contribution is 6.50.